The molecule has 4 aromatic heterocycles. The summed E-state index contributed by atoms with van der Waals surface area (Å²) < 4.78 is 6.95. The lowest BCUT2D eigenvalue weighted by Crippen LogP contribution is -2.02. The van der Waals surface area contributed by atoms with Crippen LogP contribution in [0.5, 0.6) is 0 Å². The van der Waals surface area contributed by atoms with Crippen molar-refractivity contribution in [2.75, 3.05) is 0 Å². The Morgan fingerprint density at radius 3 is 1.45 bits per heavy atom. The van der Waals surface area contributed by atoms with Gasteiger partial charge in [0.1, 0.15) is 0 Å². The Morgan fingerprint density at radius 1 is 0.347 bits per heavy atom. The van der Waals surface area contributed by atoms with E-state index in [1.807, 2.05) is 36.4 Å². The van der Waals surface area contributed by atoms with Crippen molar-refractivity contribution in [3.63, 3.8) is 0 Å². The highest BCUT2D eigenvalue weighted by atomic mass is 15.3. The number of hydrogen-bond donors (Lipinski definition) is 0. The highest BCUT2D eigenvalue weighted by molar-refractivity contribution is 6.20. The van der Waals surface area contributed by atoms with Crippen LogP contribution in [-0.2, 0) is 0 Å². The first kappa shape index (κ1) is 27.4. The molecule has 0 amide bonds. The minimum Gasteiger partial charge on any atom is -0.314 e. The van der Waals surface area contributed by atoms with E-state index in [0.29, 0.717) is 0 Å². The van der Waals surface area contributed by atoms with Crippen LogP contribution in [0.25, 0.3) is 83.5 Å². The van der Waals surface area contributed by atoms with Crippen LogP contribution in [0.15, 0.2) is 176 Å². The van der Waals surface area contributed by atoms with E-state index in [9.17, 15) is 0 Å². The fourth-order valence-corrected chi connectivity index (χ4v) is 7.46. The molecule has 5 heteroatoms. The Labute approximate surface area is 282 Å². The first-order valence-corrected chi connectivity index (χ1v) is 16.5. The number of fused-ring (bicyclic) bond motifs is 7. The van der Waals surface area contributed by atoms with Crippen LogP contribution >= 0.6 is 0 Å². The summed E-state index contributed by atoms with van der Waals surface area (Å²) in [6.45, 7) is 0. The van der Waals surface area contributed by atoms with Gasteiger partial charge >= 0.3 is 0 Å². The van der Waals surface area contributed by atoms with Gasteiger partial charge in [-0.05, 0) is 48.0 Å². The molecule has 10 aromatic rings. The monoisotopic (exact) mass is 627 g/mol. The van der Waals surface area contributed by atoms with Crippen molar-refractivity contribution in [1.82, 2.24) is 23.7 Å². The molecule has 0 fully saturated rings. The van der Waals surface area contributed by atoms with Crippen molar-refractivity contribution >= 4 is 38.2 Å². The molecule has 10 rings (SSSR count). The standard InChI is InChI=1S/C44H29N5/c1-4-14-30(15-5-1)40-37-21-11-12-22-38(37)47-29-28-36-35-20-10-13-23-39(35)48(41(36)42(40)47)33-24-26-34(27-25-33)49-43(31-16-6-2-7-17-31)45-46-44(49)32-18-8-3-9-19-32/h1-29H. The van der Waals surface area contributed by atoms with Crippen LogP contribution in [0, 0.1) is 0 Å². The number of benzene rings is 6. The summed E-state index contributed by atoms with van der Waals surface area (Å²) in [4.78, 5) is 0. The van der Waals surface area contributed by atoms with E-state index in [4.69, 9.17) is 10.2 Å². The predicted molar refractivity (Wildman–Crippen MR) is 200 cm³/mol. The van der Waals surface area contributed by atoms with Gasteiger partial charge in [0, 0.05) is 50.4 Å². The molecule has 0 aliphatic carbocycles. The van der Waals surface area contributed by atoms with Crippen LogP contribution in [0.3, 0.4) is 0 Å². The van der Waals surface area contributed by atoms with Gasteiger partial charge < -0.3 is 8.97 Å². The van der Waals surface area contributed by atoms with Crippen molar-refractivity contribution in [2.45, 2.75) is 0 Å². The molecule has 0 saturated carbocycles. The van der Waals surface area contributed by atoms with Crippen LogP contribution in [0.1, 0.15) is 0 Å². The van der Waals surface area contributed by atoms with Gasteiger partial charge in [0.25, 0.3) is 0 Å². The highest BCUT2D eigenvalue weighted by Crippen LogP contribution is 2.43. The maximum absolute atomic E-state index is 4.69. The number of para-hydroxylation sites is 2. The van der Waals surface area contributed by atoms with Crippen molar-refractivity contribution in [1.29, 1.82) is 0 Å². The van der Waals surface area contributed by atoms with Gasteiger partial charge in [0.2, 0.25) is 0 Å². The van der Waals surface area contributed by atoms with E-state index in [1.165, 1.54) is 49.4 Å². The molecule has 5 nitrogen and oxygen atoms in total. The number of rotatable bonds is 5. The second kappa shape index (κ2) is 10.9. The van der Waals surface area contributed by atoms with Gasteiger partial charge in [0.15, 0.2) is 11.6 Å². The summed E-state index contributed by atoms with van der Waals surface area (Å²) in [6.07, 6.45) is 2.23. The van der Waals surface area contributed by atoms with Crippen molar-refractivity contribution in [2.24, 2.45) is 0 Å². The zero-order valence-corrected chi connectivity index (χ0v) is 26.5. The number of aromatic nitrogens is 5. The topological polar surface area (TPSA) is 40.0 Å². The van der Waals surface area contributed by atoms with Crippen molar-refractivity contribution in [3.05, 3.63) is 176 Å². The van der Waals surface area contributed by atoms with E-state index < -0.39 is 0 Å². The second-order valence-corrected chi connectivity index (χ2v) is 12.3. The Bertz CT molecular complexity index is 2730. The quantitative estimate of drug-likeness (QED) is 0.190. The lowest BCUT2D eigenvalue weighted by Gasteiger charge is -2.14. The Kier molecular flexibility index (Phi) is 6.11. The zero-order chi connectivity index (χ0) is 32.3. The first-order valence-electron chi connectivity index (χ1n) is 16.5. The molecule has 0 saturated heterocycles. The largest absolute Gasteiger partial charge is 0.314 e. The van der Waals surface area contributed by atoms with Gasteiger partial charge in [-0.15, -0.1) is 10.2 Å². The number of pyridine rings is 1. The summed E-state index contributed by atoms with van der Waals surface area (Å²) in [5, 5.41) is 13.1. The molecule has 0 N–H and O–H groups in total. The SMILES string of the molecule is c1ccc(-c2c3ccccc3n3ccc4c5ccccc5n(-c5ccc(-n6c(-c7ccccc7)nnc6-c6ccccc6)cc5)c4c23)cc1. The van der Waals surface area contributed by atoms with Crippen molar-refractivity contribution in [3.8, 4) is 45.3 Å². The summed E-state index contributed by atoms with van der Waals surface area (Å²) in [5.41, 5.74) is 11.3. The molecular weight excluding hydrogens is 599 g/mol. The third kappa shape index (κ3) is 4.19. The lowest BCUT2D eigenvalue weighted by atomic mass is 10.0. The predicted octanol–water partition coefficient (Wildman–Crippen LogP) is 10.8. The molecule has 0 radical (unpaired) electrons. The maximum atomic E-state index is 4.69. The number of hydrogen-bond acceptors (Lipinski definition) is 2. The molecule has 4 heterocycles. The van der Waals surface area contributed by atoms with Crippen LogP contribution < -0.4 is 0 Å². The Morgan fingerprint density at radius 2 is 0.837 bits per heavy atom. The molecule has 6 aromatic carbocycles. The zero-order valence-electron chi connectivity index (χ0n) is 26.5. The van der Waals surface area contributed by atoms with Gasteiger partial charge in [-0.2, -0.15) is 0 Å². The van der Waals surface area contributed by atoms with Gasteiger partial charge in [0.05, 0.1) is 22.1 Å². The molecule has 0 aliphatic rings. The minimum absolute atomic E-state index is 0.804. The van der Waals surface area contributed by atoms with Crippen molar-refractivity contribution < 1.29 is 0 Å². The molecule has 49 heavy (non-hydrogen) atoms. The van der Waals surface area contributed by atoms with Crippen LogP contribution in [0.2, 0.25) is 0 Å². The van der Waals surface area contributed by atoms with E-state index >= 15 is 0 Å². The summed E-state index contributed by atoms with van der Waals surface area (Å²) in [6, 6.07) is 59.8. The lowest BCUT2D eigenvalue weighted by molar-refractivity contribution is 1.07. The van der Waals surface area contributed by atoms with Crippen LogP contribution in [-0.4, -0.2) is 23.7 Å². The average Bonchev–Trinajstić information content (AvgIpc) is 3.87. The molecule has 0 unspecified atom stereocenters. The highest BCUT2D eigenvalue weighted by Gasteiger charge is 2.22. The third-order valence-electron chi connectivity index (χ3n) is 9.59. The van der Waals surface area contributed by atoms with E-state index in [2.05, 4.69) is 153 Å². The minimum atomic E-state index is 0.804. The summed E-state index contributed by atoms with van der Waals surface area (Å²) in [5.74, 6) is 1.61. The van der Waals surface area contributed by atoms with Crippen LogP contribution in [0.4, 0.5) is 0 Å². The third-order valence-corrected chi connectivity index (χ3v) is 9.59. The van der Waals surface area contributed by atoms with Gasteiger partial charge in [-0.3, -0.25) is 4.57 Å². The average molecular weight is 628 g/mol. The molecular formula is C44H29N5. The van der Waals surface area contributed by atoms with E-state index in [0.717, 1.165) is 34.2 Å². The second-order valence-electron chi connectivity index (χ2n) is 12.3. The Hall–Kier alpha value is -6.72. The Balaban J connectivity index is 1.25. The van der Waals surface area contributed by atoms with E-state index in [1.54, 1.807) is 0 Å². The smallest absolute Gasteiger partial charge is 0.168 e. The molecule has 230 valence electrons. The van der Waals surface area contributed by atoms with Gasteiger partial charge in [-0.1, -0.05) is 127 Å². The molecule has 0 bridgehead atoms. The summed E-state index contributed by atoms with van der Waals surface area (Å²) >= 11 is 0. The fourth-order valence-electron chi connectivity index (χ4n) is 7.46. The maximum Gasteiger partial charge on any atom is 0.168 e. The molecule has 0 spiro atoms. The van der Waals surface area contributed by atoms with E-state index in [-0.39, 0.29) is 0 Å². The first-order chi connectivity index (χ1) is 24.3. The summed E-state index contributed by atoms with van der Waals surface area (Å²) in [7, 11) is 0. The van der Waals surface area contributed by atoms with Gasteiger partial charge in [-0.25, -0.2) is 0 Å². The molecule has 0 atom stereocenters. The normalized spacial score (nSPS) is 11.7. The number of nitrogens with zero attached hydrogens (tertiary/aromatic N) is 5. The fraction of sp³-hybridized carbons (Fsp3) is 0. The molecule has 0 aliphatic heterocycles.